The Hall–Kier alpha value is -0.900. The van der Waals surface area contributed by atoms with Crippen LogP contribution in [0.1, 0.15) is 0 Å². The number of carboxylic acid groups (broad SMARTS) is 1. The largest absolute Gasteiger partial charge is 0.476 e. The summed E-state index contributed by atoms with van der Waals surface area (Å²) in [5.41, 5.74) is 0. The number of hydrogen-bond donors (Lipinski definition) is 1. The van der Waals surface area contributed by atoms with Gasteiger partial charge < -0.3 is 10.0 Å². The molecule has 0 fully saturated rings. The Bertz CT molecular complexity index is 87.4. The highest BCUT2D eigenvalue weighted by Gasteiger charge is 1.80. The van der Waals surface area contributed by atoms with Gasteiger partial charge in [-0.25, -0.2) is 4.79 Å². The van der Waals surface area contributed by atoms with Gasteiger partial charge in [0.2, 0.25) is 6.29 Å². The molecule has 0 aliphatic heterocycles. The average Bonchev–Trinajstić information content (AvgIpc) is 1.65. The van der Waals surface area contributed by atoms with Gasteiger partial charge in [0.05, 0.1) is 0 Å². The van der Waals surface area contributed by atoms with Crippen LogP contribution in [0.3, 0.4) is 0 Å². The Balaban J connectivity index is 0. The van der Waals surface area contributed by atoms with Crippen molar-refractivity contribution in [3.63, 3.8) is 0 Å². The van der Waals surface area contributed by atoms with Crippen LogP contribution < -0.4 is 0 Å². The predicted octanol–water partition coefficient (Wildman–Crippen LogP) is -0.552. The molecule has 0 atom stereocenters. The standard InChI is InChI=1S/C3H9N.C2H2O3/c1-4(2)3;3-1-2(4)5/h1-3H3;1H,(H,4,5). The highest BCUT2D eigenvalue weighted by molar-refractivity contribution is 6.19. The van der Waals surface area contributed by atoms with Crippen molar-refractivity contribution in [3.05, 3.63) is 0 Å². The zero-order valence-electron chi connectivity index (χ0n) is 5.79. The van der Waals surface area contributed by atoms with E-state index in [1.54, 1.807) is 0 Å². The maximum Gasteiger partial charge on any atom is 0.368 e. The molecule has 0 aliphatic rings. The van der Waals surface area contributed by atoms with Gasteiger partial charge >= 0.3 is 5.97 Å². The first-order valence-corrected chi connectivity index (χ1v) is 2.29. The van der Waals surface area contributed by atoms with Crippen LogP contribution in [0.2, 0.25) is 0 Å². The number of nitrogens with zero attached hydrogens (tertiary/aromatic N) is 1. The van der Waals surface area contributed by atoms with Crippen molar-refractivity contribution >= 4 is 12.3 Å². The lowest BCUT2D eigenvalue weighted by molar-refractivity contribution is -0.143. The Labute approximate surface area is 54.1 Å². The minimum atomic E-state index is -1.43. The molecule has 4 nitrogen and oxygen atoms in total. The second-order valence-electron chi connectivity index (χ2n) is 1.80. The topological polar surface area (TPSA) is 57.6 Å². The Morgan fingerprint density at radius 3 is 1.56 bits per heavy atom. The fourth-order valence-electron chi connectivity index (χ4n) is 0. The molecule has 0 saturated heterocycles. The molecule has 0 aliphatic carbocycles. The summed E-state index contributed by atoms with van der Waals surface area (Å²) < 4.78 is 0. The van der Waals surface area contributed by atoms with Gasteiger partial charge in [-0.1, -0.05) is 0 Å². The summed E-state index contributed by atoms with van der Waals surface area (Å²) in [7, 11) is 6.00. The number of rotatable bonds is 1. The summed E-state index contributed by atoms with van der Waals surface area (Å²) in [6.45, 7) is 0. The summed E-state index contributed by atoms with van der Waals surface area (Å²) in [6.07, 6.45) is -0.167. The zero-order valence-corrected chi connectivity index (χ0v) is 5.79. The van der Waals surface area contributed by atoms with Gasteiger partial charge in [0.15, 0.2) is 0 Å². The second kappa shape index (κ2) is 7.10. The van der Waals surface area contributed by atoms with Crippen molar-refractivity contribution in [3.8, 4) is 0 Å². The van der Waals surface area contributed by atoms with Crippen LogP contribution in [-0.2, 0) is 9.59 Å². The first-order valence-electron chi connectivity index (χ1n) is 2.29. The van der Waals surface area contributed by atoms with E-state index in [0.29, 0.717) is 0 Å². The van der Waals surface area contributed by atoms with Crippen LogP contribution in [0.15, 0.2) is 0 Å². The molecule has 0 saturated carbocycles. The fraction of sp³-hybridized carbons (Fsp3) is 0.600. The van der Waals surface area contributed by atoms with E-state index >= 15 is 0 Å². The lowest BCUT2D eigenvalue weighted by Crippen LogP contribution is -1.99. The molecular weight excluding hydrogens is 122 g/mol. The first kappa shape index (κ1) is 11.0. The number of aldehydes is 1. The highest BCUT2D eigenvalue weighted by atomic mass is 16.4. The van der Waals surface area contributed by atoms with Crippen molar-refractivity contribution in [2.45, 2.75) is 0 Å². The van der Waals surface area contributed by atoms with Gasteiger partial charge in [0.1, 0.15) is 0 Å². The van der Waals surface area contributed by atoms with Crippen molar-refractivity contribution in [2.24, 2.45) is 0 Å². The summed E-state index contributed by atoms with van der Waals surface area (Å²) >= 11 is 0. The molecule has 0 unspecified atom stereocenters. The molecule has 4 heteroatoms. The van der Waals surface area contributed by atoms with E-state index in [2.05, 4.69) is 0 Å². The SMILES string of the molecule is CN(C)C.O=CC(=O)O. The number of carbonyl (C=O) groups excluding carboxylic acids is 1. The van der Waals surface area contributed by atoms with Crippen molar-refractivity contribution < 1.29 is 14.7 Å². The lowest BCUT2D eigenvalue weighted by atomic mass is 10.8. The molecule has 0 spiro atoms. The third-order valence-electron chi connectivity index (χ3n) is 0.101. The summed E-state index contributed by atoms with van der Waals surface area (Å²) in [4.78, 5) is 19.9. The zero-order chi connectivity index (χ0) is 7.86. The van der Waals surface area contributed by atoms with Crippen molar-refractivity contribution in [1.29, 1.82) is 0 Å². The van der Waals surface area contributed by atoms with Crippen LogP contribution in [0.4, 0.5) is 0 Å². The van der Waals surface area contributed by atoms with E-state index in [1.165, 1.54) is 0 Å². The molecule has 9 heavy (non-hydrogen) atoms. The smallest absolute Gasteiger partial charge is 0.368 e. The molecule has 0 bridgehead atoms. The van der Waals surface area contributed by atoms with Crippen LogP contribution in [-0.4, -0.2) is 43.4 Å². The highest BCUT2D eigenvalue weighted by Crippen LogP contribution is 1.47. The maximum absolute atomic E-state index is 9.00. The average molecular weight is 133 g/mol. The third-order valence-corrected chi connectivity index (χ3v) is 0.101. The number of carboxylic acids is 1. The maximum atomic E-state index is 9.00. The van der Waals surface area contributed by atoms with E-state index in [0.717, 1.165) is 0 Å². The molecule has 54 valence electrons. The van der Waals surface area contributed by atoms with Crippen LogP contribution in [0.25, 0.3) is 0 Å². The minimum absolute atomic E-state index is 0.167. The van der Waals surface area contributed by atoms with E-state index in [4.69, 9.17) is 14.7 Å². The van der Waals surface area contributed by atoms with E-state index < -0.39 is 5.97 Å². The van der Waals surface area contributed by atoms with Crippen LogP contribution in [0.5, 0.6) is 0 Å². The Kier molecular flexibility index (Phi) is 8.66. The van der Waals surface area contributed by atoms with Gasteiger partial charge in [-0.3, -0.25) is 4.79 Å². The van der Waals surface area contributed by atoms with Gasteiger partial charge in [-0.15, -0.1) is 0 Å². The van der Waals surface area contributed by atoms with Gasteiger partial charge in [-0.05, 0) is 21.1 Å². The number of carbonyl (C=O) groups is 2. The molecular formula is C5H11NO3. The Morgan fingerprint density at radius 1 is 1.44 bits per heavy atom. The van der Waals surface area contributed by atoms with Gasteiger partial charge in [-0.2, -0.15) is 0 Å². The summed E-state index contributed by atoms with van der Waals surface area (Å²) in [5, 5.41) is 7.35. The van der Waals surface area contributed by atoms with E-state index in [9.17, 15) is 0 Å². The Morgan fingerprint density at radius 2 is 1.56 bits per heavy atom. The summed E-state index contributed by atoms with van der Waals surface area (Å²) in [5.74, 6) is -1.43. The van der Waals surface area contributed by atoms with Crippen LogP contribution in [0, 0.1) is 0 Å². The van der Waals surface area contributed by atoms with Crippen LogP contribution >= 0.6 is 0 Å². The minimum Gasteiger partial charge on any atom is -0.476 e. The molecule has 0 aromatic rings. The number of aliphatic carboxylic acids is 1. The quantitative estimate of drug-likeness (QED) is 0.385. The fourth-order valence-corrected chi connectivity index (χ4v) is 0. The number of hydrogen-bond acceptors (Lipinski definition) is 3. The summed E-state index contributed by atoms with van der Waals surface area (Å²) in [6, 6.07) is 0. The molecule has 0 aromatic carbocycles. The molecule has 0 rings (SSSR count). The molecule has 0 amide bonds. The second-order valence-corrected chi connectivity index (χ2v) is 1.80. The molecule has 0 aromatic heterocycles. The van der Waals surface area contributed by atoms with Gasteiger partial charge in [0, 0.05) is 0 Å². The predicted molar refractivity (Wildman–Crippen MR) is 33.3 cm³/mol. The monoisotopic (exact) mass is 133 g/mol. The normalized spacial score (nSPS) is 7.56. The van der Waals surface area contributed by atoms with Crippen molar-refractivity contribution in [2.75, 3.05) is 21.1 Å². The molecule has 0 heterocycles. The molecule has 1 N–H and O–H groups in total. The first-order chi connectivity index (χ1) is 4.00. The van der Waals surface area contributed by atoms with E-state index in [-0.39, 0.29) is 6.29 Å². The molecule has 0 radical (unpaired) electrons. The third kappa shape index (κ3) is 153. The van der Waals surface area contributed by atoms with E-state index in [1.807, 2.05) is 26.0 Å². The van der Waals surface area contributed by atoms with Crippen molar-refractivity contribution in [1.82, 2.24) is 4.90 Å². The van der Waals surface area contributed by atoms with Gasteiger partial charge in [0.25, 0.3) is 0 Å². The lowest BCUT2D eigenvalue weighted by Gasteiger charge is -1.90.